The van der Waals surface area contributed by atoms with Gasteiger partial charge >= 0.3 is 6.03 Å². The van der Waals surface area contributed by atoms with Crippen LogP contribution in [0, 0.1) is 0 Å². The van der Waals surface area contributed by atoms with Crippen LogP contribution in [0.1, 0.15) is 12.0 Å². The second-order valence-corrected chi connectivity index (χ2v) is 8.29. The molecule has 1 aromatic heterocycles. The predicted octanol–water partition coefficient (Wildman–Crippen LogP) is 3.68. The first-order valence-corrected chi connectivity index (χ1v) is 10.9. The quantitative estimate of drug-likeness (QED) is 0.327. The monoisotopic (exact) mass is 441 g/mol. The van der Waals surface area contributed by atoms with Crippen molar-refractivity contribution in [3.63, 3.8) is 0 Å². The van der Waals surface area contributed by atoms with Crippen LogP contribution in [0.15, 0.2) is 59.8 Å². The molecular formula is C21H20ClN5O2S. The van der Waals surface area contributed by atoms with E-state index in [4.69, 9.17) is 11.6 Å². The maximum Gasteiger partial charge on any atom is 0.324 e. The first kappa shape index (κ1) is 20.4. The summed E-state index contributed by atoms with van der Waals surface area (Å²) in [5.74, 6) is 1.30. The Labute approximate surface area is 183 Å². The molecule has 4 rings (SSSR count). The van der Waals surface area contributed by atoms with Crippen molar-refractivity contribution in [1.82, 2.24) is 25.0 Å². The third-order valence-electron chi connectivity index (χ3n) is 4.70. The van der Waals surface area contributed by atoms with Crippen LogP contribution >= 0.6 is 23.4 Å². The Morgan fingerprint density at radius 3 is 2.50 bits per heavy atom. The molecule has 0 radical (unpaired) electrons. The highest BCUT2D eigenvalue weighted by molar-refractivity contribution is 7.99. The molecule has 0 atom stereocenters. The van der Waals surface area contributed by atoms with Crippen LogP contribution in [-0.2, 0) is 11.3 Å². The van der Waals surface area contributed by atoms with Gasteiger partial charge in [-0.3, -0.25) is 14.3 Å². The van der Waals surface area contributed by atoms with Crippen LogP contribution in [0.2, 0.25) is 5.02 Å². The molecule has 30 heavy (non-hydrogen) atoms. The van der Waals surface area contributed by atoms with Crippen molar-refractivity contribution >= 4 is 35.3 Å². The summed E-state index contributed by atoms with van der Waals surface area (Å²) in [4.78, 5) is 24.6. The van der Waals surface area contributed by atoms with E-state index in [-0.39, 0.29) is 18.5 Å². The predicted molar refractivity (Wildman–Crippen MR) is 116 cm³/mol. The Morgan fingerprint density at radius 1 is 1.03 bits per heavy atom. The number of imide groups is 1. The van der Waals surface area contributed by atoms with E-state index >= 15 is 0 Å². The summed E-state index contributed by atoms with van der Waals surface area (Å²) in [6.07, 6.45) is 0.679. The molecule has 2 heterocycles. The van der Waals surface area contributed by atoms with E-state index in [1.165, 1.54) is 4.90 Å². The summed E-state index contributed by atoms with van der Waals surface area (Å²) in [5.41, 5.74) is 2.09. The van der Waals surface area contributed by atoms with E-state index in [9.17, 15) is 9.59 Å². The van der Waals surface area contributed by atoms with Gasteiger partial charge in [0.2, 0.25) is 5.91 Å². The summed E-state index contributed by atoms with van der Waals surface area (Å²) in [6.45, 7) is 1.12. The average Bonchev–Trinajstić information content (AvgIpc) is 3.30. The first-order chi connectivity index (χ1) is 14.6. The van der Waals surface area contributed by atoms with Gasteiger partial charge in [0.15, 0.2) is 11.0 Å². The zero-order valence-corrected chi connectivity index (χ0v) is 17.7. The lowest BCUT2D eigenvalue weighted by Crippen LogP contribution is -2.32. The zero-order valence-electron chi connectivity index (χ0n) is 16.1. The van der Waals surface area contributed by atoms with E-state index in [1.54, 1.807) is 11.8 Å². The molecule has 1 saturated heterocycles. The Kier molecular flexibility index (Phi) is 6.35. The van der Waals surface area contributed by atoms with Gasteiger partial charge in [-0.1, -0.05) is 53.7 Å². The van der Waals surface area contributed by atoms with Gasteiger partial charge in [-0.05, 0) is 36.2 Å². The zero-order chi connectivity index (χ0) is 20.9. The number of halogens is 1. The van der Waals surface area contributed by atoms with E-state index in [1.807, 2.05) is 42.5 Å². The van der Waals surface area contributed by atoms with Crippen molar-refractivity contribution < 1.29 is 9.59 Å². The highest BCUT2D eigenvalue weighted by Crippen LogP contribution is 2.26. The molecule has 1 aliphatic rings. The minimum absolute atomic E-state index is 0.0851. The lowest BCUT2D eigenvalue weighted by molar-refractivity contribution is -0.124. The summed E-state index contributed by atoms with van der Waals surface area (Å²) in [6, 6.07) is 17.4. The number of benzene rings is 2. The van der Waals surface area contributed by atoms with Gasteiger partial charge < -0.3 is 5.32 Å². The van der Waals surface area contributed by atoms with E-state index in [0.717, 1.165) is 22.1 Å². The Bertz CT molecular complexity index is 1020. The van der Waals surface area contributed by atoms with E-state index in [0.29, 0.717) is 30.3 Å². The Morgan fingerprint density at radius 2 is 1.80 bits per heavy atom. The smallest absolute Gasteiger partial charge is 0.324 e. The molecule has 1 fully saturated rings. The van der Waals surface area contributed by atoms with Crippen LogP contribution in [-0.4, -0.2) is 50.4 Å². The van der Waals surface area contributed by atoms with Crippen molar-refractivity contribution in [2.24, 2.45) is 0 Å². The molecule has 154 valence electrons. The molecule has 0 aliphatic carbocycles. The lowest BCUT2D eigenvalue weighted by atomic mass is 10.2. The maximum atomic E-state index is 11.7. The Hall–Kier alpha value is -2.84. The highest BCUT2D eigenvalue weighted by Gasteiger charge is 2.27. The van der Waals surface area contributed by atoms with Crippen molar-refractivity contribution in [3.05, 3.63) is 65.2 Å². The highest BCUT2D eigenvalue weighted by atomic mass is 35.5. The molecule has 1 aliphatic heterocycles. The topological polar surface area (TPSA) is 80.1 Å². The van der Waals surface area contributed by atoms with Crippen molar-refractivity contribution in [2.75, 3.05) is 18.8 Å². The van der Waals surface area contributed by atoms with Crippen LogP contribution in [0.4, 0.5) is 4.79 Å². The van der Waals surface area contributed by atoms with Gasteiger partial charge in [-0.2, -0.15) is 0 Å². The van der Waals surface area contributed by atoms with Crippen LogP contribution in [0.5, 0.6) is 0 Å². The van der Waals surface area contributed by atoms with Gasteiger partial charge in [0.25, 0.3) is 0 Å². The maximum absolute atomic E-state index is 11.7. The molecule has 7 nitrogen and oxygen atoms in total. The number of carbonyl (C=O) groups is 2. The minimum Gasteiger partial charge on any atom is -0.329 e. The van der Waals surface area contributed by atoms with Crippen molar-refractivity contribution in [1.29, 1.82) is 0 Å². The number of nitrogens with zero attached hydrogens (tertiary/aromatic N) is 4. The summed E-state index contributed by atoms with van der Waals surface area (Å²) in [7, 11) is 0. The number of aromatic nitrogens is 3. The van der Waals surface area contributed by atoms with Gasteiger partial charge in [-0.25, -0.2) is 4.79 Å². The molecule has 2 aromatic carbocycles. The lowest BCUT2D eigenvalue weighted by Gasteiger charge is -2.12. The number of amides is 3. The molecule has 9 heteroatoms. The molecule has 0 saturated carbocycles. The molecule has 0 spiro atoms. The number of carbonyl (C=O) groups excluding carboxylic acids is 2. The third-order valence-corrected chi connectivity index (χ3v) is 6.00. The summed E-state index contributed by atoms with van der Waals surface area (Å²) >= 11 is 7.59. The Balaban J connectivity index is 1.49. The fraction of sp³-hybridized carbons (Fsp3) is 0.238. The molecule has 3 amide bonds. The third kappa shape index (κ3) is 4.66. The summed E-state index contributed by atoms with van der Waals surface area (Å²) < 4.78 is 2.08. The van der Waals surface area contributed by atoms with Gasteiger partial charge in [0.1, 0.15) is 0 Å². The van der Waals surface area contributed by atoms with Gasteiger partial charge in [0, 0.05) is 22.9 Å². The number of rotatable bonds is 8. The SMILES string of the molecule is O=C1CNC(=O)N1CCCSc1nnc(-c2ccc(Cl)cc2)n1Cc1ccccc1. The first-order valence-electron chi connectivity index (χ1n) is 9.56. The molecule has 1 N–H and O–H groups in total. The fourth-order valence-corrected chi connectivity index (χ4v) is 4.17. The minimum atomic E-state index is -0.317. The molecular weight excluding hydrogens is 422 g/mol. The van der Waals surface area contributed by atoms with E-state index < -0.39 is 0 Å². The van der Waals surface area contributed by atoms with Crippen LogP contribution in [0.3, 0.4) is 0 Å². The normalized spacial score (nSPS) is 13.7. The molecule has 0 bridgehead atoms. The van der Waals surface area contributed by atoms with Gasteiger partial charge in [-0.15, -0.1) is 10.2 Å². The fourth-order valence-electron chi connectivity index (χ4n) is 3.18. The molecule has 3 aromatic rings. The number of hydrogen-bond acceptors (Lipinski definition) is 5. The van der Waals surface area contributed by atoms with Crippen LogP contribution in [0.25, 0.3) is 11.4 Å². The van der Waals surface area contributed by atoms with Crippen molar-refractivity contribution in [2.45, 2.75) is 18.1 Å². The number of thioether (sulfide) groups is 1. The number of urea groups is 1. The largest absolute Gasteiger partial charge is 0.329 e. The van der Waals surface area contributed by atoms with E-state index in [2.05, 4.69) is 32.2 Å². The average molecular weight is 442 g/mol. The standard InChI is InChI=1S/C21H20ClN5O2S/c22-17-9-7-16(8-10-17)19-24-25-21(27(19)14-15-5-2-1-3-6-15)30-12-4-11-26-18(28)13-23-20(26)29/h1-3,5-10H,4,11-14H2,(H,23,29). The second-order valence-electron chi connectivity index (χ2n) is 6.79. The van der Waals surface area contributed by atoms with Gasteiger partial charge in [0.05, 0.1) is 13.1 Å². The van der Waals surface area contributed by atoms with Crippen LogP contribution < -0.4 is 5.32 Å². The molecule has 0 unspecified atom stereocenters. The number of nitrogens with one attached hydrogen (secondary N) is 1. The number of hydrogen-bond donors (Lipinski definition) is 1. The second kappa shape index (κ2) is 9.32. The summed E-state index contributed by atoms with van der Waals surface area (Å²) in [5, 5.41) is 12.8. The van der Waals surface area contributed by atoms with Crippen molar-refractivity contribution in [3.8, 4) is 11.4 Å².